The summed E-state index contributed by atoms with van der Waals surface area (Å²) in [6, 6.07) is 12.8. The molecule has 0 saturated carbocycles. The fraction of sp³-hybridized carbons (Fsp3) is 0.250. The first-order chi connectivity index (χ1) is 21.0. The van der Waals surface area contributed by atoms with Gasteiger partial charge in [0.05, 0.1) is 23.2 Å². The van der Waals surface area contributed by atoms with Crippen molar-refractivity contribution in [3.05, 3.63) is 93.3 Å². The van der Waals surface area contributed by atoms with Crippen LogP contribution in [-0.2, 0) is 24.5 Å². The van der Waals surface area contributed by atoms with E-state index in [9.17, 15) is 22.4 Å². The van der Waals surface area contributed by atoms with Gasteiger partial charge in [-0.3, -0.25) is 4.57 Å². The summed E-state index contributed by atoms with van der Waals surface area (Å²) in [5.74, 6) is -4.87. The lowest BCUT2D eigenvalue weighted by atomic mass is 10.2. The molecule has 0 aliphatic carbocycles. The number of benzene rings is 2. The van der Waals surface area contributed by atoms with Crippen molar-refractivity contribution < 1.29 is 36.2 Å². The number of fused-ring (bicyclic) bond motifs is 1. The zero-order valence-corrected chi connectivity index (χ0v) is 23.7. The van der Waals surface area contributed by atoms with Gasteiger partial charge in [-0.25, -0.2) is 13.6 Å². The van der Waals surface area contributed by atoms with E-state index in [0.29, 0.717) is 11.6 Å². The summed E-state index contributed by atoms with van der Waals surface area (Å²) in [4.78, 5) is 17.2. The predicted octanol–water partition coefficient (Wildman–Crippen LogP) is 6.16. The molecule has 1 atom stereocenters. The van der Waals surface area contributed by atoms with Crippen LogP contribution in [0, 0.1) is 11.6 Å². The van der Waals surface area contributed by atoms with Crippen LogP contribution >= 0.6 is 11.6 Å². The fourth-order valence-electron chi connectivity index (χ4n) is 4.11. The van der Waals surface area contributed by atoms with Gasteiger partial charge in [-0.1, -0.05) is 48.0 Å². The molecular formula is C28H22ClF5N6O4. The van der Waals surface area contributed by atoms with E-state index in [1.807, 2.05) is 30.3 Å². The standard InChI is InChI=1S/C28H22ClF5N6O4/c1-3-39-20(14-42-13-16-8-5-4-6-9-16)38-40(27(39)41)24-22(31)17-12-35-37-26(44-23-18(29)10-7-11-19(23)30)21(17)25(36-24)43-15(2)28(32,33)34/h4-12,15H,3,13-14H2,1-2H3. The monoisotopic (exact) mass is 636 g/mol. The van der Waals surface area contributed by atoms with Crippen LogP contribution in [0.4, 0.5) is 22.0 Å². The third kappa shape index (κ3) is 6.19. The number of alkyl halides is 3. The highest BCUT2D eigenvalue weighted by Crippen LogP contribution is 2.40. The first kappa shape index (κ1) is 30.8. The van der Waals surface area contributed by atoms with Gasteiger partial charge >= 0.3 is 11.9 Å². The Morgan fingerprint density at radius 1 is 1.02 bits per heavy atom. The fourth-order valence-corrected chi connectivity index (χ4v) is 4.31. The van der Waals surface area contributed by atoms with Crippen LogP contribution in [0.25, 0.3) is 16.6 Å². The molecule has 10 nitrogen and oxygen atoms in total. The van der Waals surface area contributed by atoms with Crippen LogP contribution in [0.15, 0.2) is 59.5 Å². The summed E-state index contributed by atoms with van der Waals surface area (Å²) in [7, 11) is 0. The first-order valence-corrected chi connectivity index (χ1v) is 13.4. The van der Waals surface area contributed by atoms with Gasteiger partial charge in [0.2, 0.25) is 5.88 Å². The Kier molecular flexibility index (Phi) is 8.78. The molecule has 3 heterocycles. The van der Waals surface area contributed by atoms with Crippen molar-refractivity contribution in [2.45, 2.75) is 45.9 Å². The molecule has 1 unspecified atom stereocenters. The summed E-state index contributed by atoms with van der Waals surface area (Å²) in [5, 5.41) is 10.3. The highest BCUT2D eigenvalue weighted by Gasteiger charge is 2.39. The molecule has 2 aromatic carbocycles. The van der Waals surface area contributed by atoms with Crippen molar-refractivity contribution in [2.24, 2.45) is 0 Å². The maximum atomic E-state index is 16.1. The molecule has 0 fully saturated rings. The average molecular weight is 637 g/mol. The van der Waals surface area contributed by atoms with Crippen LogP contribution in [0.5, 0.6) is 17.5 Å². The van der Waals surface area contributed by atoms with Crippen LogP contribution < -0.4 is 15.2 Å². The molecule has 5 aromatic rings. The van der Waals surface area contributed by atoms with E-state index in [4.69, 9.17) is 25.8 Å². The number of ether oxygens (including phenoxy) is 3. The van der Waals surface area contributed by atoms with Crippen molar-refractivity contribution >= 4 is 22.4 Å². The van der Waals surface area contributed by atoms with Crippen molar-refractivity contribution in [3.8, 4) is 23.3 Å². The van der Waals surface area contributed by atoms with Crippen molar-refractivity contribution in [1.82, 2.24) is 29.5 Å². The number of hydrogen-bond acceptors (Lipinski definition) is 8. The zero-order chi connectivity index (χ0) is 31.6. The minimum atomic E-state index is -4.87. The highest BCUT2D eigenvalue weighted by atomic mass is 35.5. The van der Waals surface area contributed by atoms with E-state index < -0.39 is 63.7 Å². The molecule has 0 N–H and O–H groups in total. The number of nitrogens with zero attached hydrogens (tertiary/aromatic N) is 6. The minimum absolute atomic E-state index is 0.104. The van der Waals surface area contributed by atoms with E-state index >= 15 is 4.39 Å². The van der Waals surface area contributed by atoms with E-state index in [-0.39, 0.29) is 30.6 Å². The van der Waals surface area contributed by atoms with E-state index in [1.54, 1.807) is 6.92 Å². The van der Waals surface area contributed by atoms with Gasteiger partial charge in [-0.05, 0) is 31.5 Å². The SMILES string of the molecule is CCn1c(COCc2ccccc2)nn(-c2nc(OC(C)C(F)(F)F)c3c(Oc4c(F)cccc4Cl)nncc3c2F)c1=O. The van der Waals surface area contributed by atoms with Crippen LogP contribution in [-0.4, -0.2) is 41.8 Å². The number of halogens is 6. The molecule has 0 bridgehead atoms. The van der Waals surface area contributed by atoms with Gasteiger partial charge in [0, 0.05) is 6.54 Å². The van der Waals surface area contributed by atoms with Gasteiger partial charge in [-0.2, -0.15) is 27.9 Å². The second-order valence-electron chi connectivity index (χ2n) is 9.28. The third-order valence-corrected chi connectivity index (χ3v) is 6.64. The van der Waals surface area contributed by atoms with E-state index in [2.05, 4.69) is 20.3 Å². The van der Waals surface area contributed by atoms with E-state index in [1.165, 1.54) is 16.7 Å². The Morgan fingerprint density at radius 3 is 2.45 bits per heavy atom. The topological polar surface area (TPSA) is 106 Å². The largest absolute Gasteiger partial charge is 0.464 e. The smallest absolute Gasteiger partial charge is 0.425 e. The Hall–Kier alpha value is -4.63. The predicted molar refractivity (Wildman–Crippen MR) is 147 cm³/mol. The lowest BCUT2D eigenvalue weighted by Crippen LogP contribution is -2.32. The van der Waals surface area contributed by atoms with Crippen molar-refractivity contribution in [2.75, 3.05) is 0 Å². The van der Waals surface area contributed by atoms with Gasteiger partial charge in [-0.15, -0.1) is 10.2 Å². The Labute approximate surface area is 250 Å². The number of pyridine rings is 1. The molecular weight excluding hydrogens is 615 g/mol. The lowest BCUT2D eigenvalue weighted by molar-refractivity contribution is -0.189. The maximum absolute atomic E-state index is 16.1. The molecule has 44 heavy (non-hydrogen) atoms. The van der Waals surface area contributed by atoms with Crippen molar-refractivity contribution in [1.29, 1.82) is 0 Å². The van der Waals surface area contributed by atoms with Gasteiger partial charge in [0.1, 0.15) is 12.0 Å². The van der Waals surface area contributed by atoms with Crippen LogP contribution in [0.3, 0.4) is 0 Å². The number of para-hydroxylation sites is 1. The molecule has 3 aromatic heterocycles. The second kappa shape index (κ2) is 12.5. The number of hydrogen-bond donors (Lipinski definition) is 0. The Bertz CT molecular complexity index is 1850. The molecule has 0 radical (unpaired) electrons. The molecule has 16 heteroatoms. The normalized spacial score (nSPS) is 12.5. The Balaban J connectivity index is 1.63. The summed E-state index contributed by atoms with van der Waals surface area (Å²) in [6.45, 7) is 2.49. The average Bonchev–Trinajstić information content (AvgIpc) is 3.30. The lowest BCUT2D eigenvalue weighted by Gasteiger charge is -2.19. The second-order valence-corrected chi connectivity index (χ2v) is 9.69. The quantitative estimate of drug-likeness (QED) is 0.168. The first-order valence-electron chi connectivity index (χ1n) is 13.0. The van der Waals surface area contributed by atoms with Crippen LogP contribution in [0.2, 0.25) is 5.02 Å². The van der Waals surface area contributed by atoms with Crippen LogP contribution in [0.1, 0.15) is 25.2 Å². The molecule has 5 rings (SSSR count). The van der Waals surface area contributed by atoms with Crippen molar-refractivity contribution in [3.63, 3.8) is 0 Å². The molecule has 0 spiro atoms. The summed E-state index contributed by atoms with van der Waals surface area (Å²) < 4.78 is 89.3. The summed E-state index contributed by atoms with van der Waals surface area (Å²) >= 11 is 6.03. The number of aromatic nitrogens is 6. The maximum Gasteiger partial charge on any atom is 0.425 e. The molecule has 0 saturated heterocycles. The van der Waals surface area contributed by atoms with Gasteiger partial charge in [0.15, 0.2) is 35.1 Å². The molecule has 0 aliphatic heterocycles. The van der Waals surface area contributed by atoms with Gasteiger partial charge < -0.3 is 14.2 Å². The molecule has 0 aliphatic rings. The molecule has 230 valence electrons. The van der Waals surface area contributed by atoms with E-state index in [0.717, 1.165) is 17.8 Å². The summed E-state index contributed by atoms with van der Waals surface area (Å²) in [5.41, 5.74) is 0.0129. The highest BCUT2D eigenvalue weighted by molar-refractivity contribution is 6.32. The Morgan fingerprint density at radius 2 is 1.77 bits per heavy atom. The zero-order valence-electron chi connectivity index (χ0n) is 23.0. The number of rotatable bonds is 10. The third-order valence-electron chi connectivity index (χ3n) is 6.34. The summed E-state index contributed by atoms with van der Waals surface area (Å²) in [6.07, 6.45) is -6.47. The molecule has 0 amide bonds. The minimum Gasteiger partial charge on any atom is -0.464 e. The van der Waals surface area contributed by atoms with Gasteiger partial charge in [0.25, 0.3) is 5.88 Å².